The Bertz CT molecular complexity index is 576. The van der Waals surface area contributed by atoms with E-state index in [1.54, 1.807) is 18.3 Å². The van der Waals surface area contributed by atoms with Crippen LogP contribution in [0, 0.1) is 0 Å². The van der Waals surface area contributed by atoms with Gasteiger partial charge in [-0.1, -0.05) is 51.4 Å². The Morgan fingerprint density at radius 1 is 1.03 bits per heavy atom. The lowest BCUT2D eigenvalue weighted by molar-refractivity contribution is 0.0953. The molecule has 6 heteroatoms. The molecule has 0 spiro atoms. The van der Waals surface area contributed by atoms with Crippen LogP contribution < -0.4 is 11.1 Å². The molecule has 29 heavy (non-hydrogen) atoms. The molecule has 1 saturated heterocycles. The third-order valence-corrected chi connectivity index (χ3v) is 5.79. The molecular weight excluding hydrogens is 367 g/mol. The maximum absolute atomic E-state index is 13.1. The van der Waals surface area contributed by atoms with Gasteiger partial charge in [-0.3, -0.25) is 4.79 Å². The number of nitrogens with one attached hydrogen (secondary N) is 1. The molecule has 1 amide bonds. The van der Waals surface area contributed by atoms with Crippen LogP contribution in [0.1, 0.15) is 87.4 Å². The minimum absolute atomic E-state index is 0.137. The molecular formula is C23H39FN4O. The number of hydrogen-bond acceptors (Lipinski definition) is 4. The van der Waals surface area contributed by atoms with Crippen molar-refractivity contribution in [1.82, 2.24) is 15.2 Å². The van der Waals surface area contributed by atoms with Crippen molar-refractivity contribution >= 4 is 11.7 Å². The van der Waals surface area contributed by atoms with Crippen LogP contribution >= 0.6 is 0 Å². The number of hydrogen-bond donors (Lipinski definition) is 2. The van der Waals surface area contributed by atoms with Crippen molar-refractivity contribution in [2.24, 2.45) is 0 Å². The Balaban J connectivity index is 1.32. The number of amides is 1. The van der Waals surface area contributed by atoms with Crippen molar-refractivity contribution in [2.75, 3.05) is 31.9 Å². The zero-order valence-electron chi connectivity index (χ0n) is 17.9. The van der Waals surface area contributed by atoms with E-state index < -0.39 is 6.17 Å². The SMILES string of the molecule is Nc1ncccc1C(=O)NCCCCCCCCCCCCN1CCC(F)CC1. The number of alkyl halides is 1. The molecule has 5 nitrogen and oxygen atoms in total. The smallest absolute Gasteiger partial charge is 0.255 e. The number of anilines is 1. The van der Waals surface area contributed by atoms with Crippen LogP contribution in [0.5, 0.6) is 0 Å². The molecule has 1 aliphatic heterocycles. The highest BCUT2D eigenvalue weighted by atomic mass is 19.1. The second-order valence-electron chi connectivity index (χ2n) is 8.24. The standard InChI is InChI=1S/C23H39FN4O/c24-20-13-18-28(19-14-20)17-10-8-6-4-2-1-3-5-7-9-15-27-23(29)21-12-11-16-26-22(21)25/h11-12,16,20H,1-10,13-15,17-19H2,(H2,25,26)(H,27,29). The van der Waals surface area contributed by atoms with Gasteiger partial charge in [0.15, 0.2) is 0 Å². The highest BCUT2D eigenvalue weighted by Gasteiger charge is 2.17. The maximum Gasteiger partial charge on any atom is 0.255 e. The van der Waals surface area contributed by atoms with Gasteiger partial charge in [-0.2, -0.15) is 0 Å². The van der Waals surface area contributed by atoms with Gasteiger partial charge in [0.2, 0.25) is 0 Å². The number of nitrogens with zero attached hydrogens (tertiary/aromatic N) is 2. The number of nitrogen functional groups attached to an aromatic ring is 1. The molecule has 1 aromatic heterocycles. The lowest BCUT2D eigenvalue weighted by atomic mass is 10.1. The number of likely N-dealkylation sites (tertiary alicyclic amines) is 1. The van der Waals surface area contributed by atoms with Crippen molar-refractivity contribution in [2.45, 2.75) is 83.2 Å². The Morgan fingerprint density at radius 2 is 1.62 bits per heavy atom. The molecule has 0 aromatic carbocycles. The molecule has 0 atom stereocenters. The van der Waals surface area contributed by atoms with Gasteiger partial charge in [0.05, 0.1) is 5.56 Å². The van der Waals surface area contributed by atoms with Crippen LogP contribution in [-0.2, 0) is 0 Å². The number of piperidine rings is 1. The molecule has 0 saturated carbocycles. The first kappa shape index (κ1) is 23.6. The maximum atomic E-state index is 13.1. The molecule has 0 unspecified atom stereocenters. The molecule has 0 aliphatic carbocycles. The summed E-state index contributed by atoms with van der Waals surface area (Å²) in [6, 6.07) is 3.42. The second-order valence-corrected chi connectivity index (χ2v) is 8.24. The van der Waals surface area contributed by atoms with Gasteiger partial charge in [-0.15, -0.1) is 0 Å². The van der Waals surface area contributed by atoms with Gasteiger partial charge in [-0.05, 0) is 44.4 Å². The number of rotatable bonds is 14. The van der Waals surface area contributed by atoms with Gasteiger partial charge >= 0.3 is 0 Å². The number of nitrogens with two attached hydrogens (primary N) is 1. The van der Waals surface area contributed by atoms with Crippen molar-refractivity contribution < 1.29 is 9.18 Å². The fraction of sp³-hybridized carbons (Fsp3) is 0.739. The van der Waals surface area contributed by atoms with E-state index in [2.05, 4.69) is 15.2 Å². The fourth-order valence-corrected chi connectivity index (χ4v) is 3.91. The number of aromatic nitrogens is 1. The highest BCUT2D eigenvalue weighted by Crippen LogP contribution is 2.15. The average Bonchev–Trinajstić information content (AvgIpc) is 2.73. The highest BCUT2D eigenvalue weighted by molar-refractivity contribution is 5.98. The summed E-state index contributed by atoms with van der Waals surface area (Å²) in [6.45, 7) is 3.73. The molecule has 164 valence electrons. The zero-order valence-corrected chi connectivity index (χ0v) is 17.9. The minimum atomic E-state index is -0.559. The first-order valence-electron chi connectivity index (χ1n) is 11.5. The van der Waals surface area contributed by atoms with E-state index in [1.165, 1.54) is 51.4 Å². The summed E-state index contributed by atoms with van der Waals surface area (Å²) in [5.41, 5.74) is 6.17. The van der Waals surface area contributed by atoms with Crippen LogP contribution in [0.15, 0.2) is 18.3 Å². The number of carbonyl (C=O) groups is 1. The lowest BCUT2D eigenvalue weighted by Gasteiger charge is -2.28. The summed E-state index contributed by atoms with van der Waals surface area (Å²) in [6.07, 6.45) is 15.0. The molecule has 2 heterocycles. The molecule has 3 N–H and O–H groups in total. The topological polar surface area (TPSA) is 71.2 Å². The zero-order chi connectivity index (χ0) is 20.7. The van der Waals surface area contributed by atoms with Crippen molar-refractivity contribution in [3.05, 3.63) is 23.9 Å². The molecule has 0 bridgehead atoms. The quantitative estimate of drug-likeness (QED) is 0.438. The van der Waals surface area contributed by atoms with Crippen LogP contribution in [0.3, 0.4) is 0 Å². The van der Waals surface area contributed by atoms with Crippen molar-refractivity contribution in [3.63, 3.8) is 0 Å². The van der Waals surface area contributed by atoms with E-state index in [-0.39, 0.29) is 11.7 Å². The van der Waals surface area contributed by atoms with Gasteiger partial charge in [-0.25, -0.2) is 9.37 Å². The second kappa shape index (κ2) is 14.3. The van der Waals surface area contributed by atoms with E-state index in [1.807, 2.05) is 0 Å². The monoisotopic (exact) mass is 406 g/mol. The Labute approximate surface area is 175 Å². The Kier molecular flexibility index (Phi) is 11.6. The van der Waals surface area contributed by atoms with Crippen molar-refractivity contribution in [1.29, 1.82) is 0 Å². The molecule has 2 rings (SSSR count). The predicted octanol–water partition coefficient (Wildman–Crippen LogP) is 4.73. The molecule has 0 radical (unpaired) electrons. The number of halogens is 1. The molecule has 1 aromatic rings. The summed E-state index contributed by atoms with van der Waals surface area (Å²) in [4.78, 5) is 18.4. The Hall–Kier alpha value is -1.69. The van der Waals surface area contributed by atoms with Gasteiger partial charge in [0.1, 0.15) is 12.0 Å². The summed E-state index contributed by atoms with van der Waals surface area (Å²) in [5, 5.41) is 2.92. The first-order valence-corrected chi connectivity index (χ1v) is 11.5. The summed E-state index contributed by atoms with van der Waals surface area (Å²) < 4.78 is 13.1. The number of carbonyl (C=O) groups excluding carboxylic acids is 1. The summed E-state index contributed by atoms with van der Waals surface area (Å²) in [5.74, 6) is 0.147. The summed E-state index contributed by atoms with van der Waals surface area (Å²) >= 11 is 0. The number of pyridine rings is 1. The number of unbranched alkanes of at least 4 members (excludes halogenated alkanes) is 9. The molecule has 1 fully saturated rings. The van der Waals surface area contributed by atoms with E-state index in [9.17, 15) is 9.18 Å². The van der Waals surface area contributed by atoms with E-state index in [4.69, 9.17) is 5.73 Å². The third kappa shape index (κ3) is 10.1. The van der Waals surface area contributed by atoms with Crippen molar-refractivity contribution in [3.8, 4) is 0 Å². The molecule has 1 aliphatic rings. The van der Waals surface area contributed by atoms with Gasteiger partial charge in [0, 0.05) is 25.8 Å². The van der Waals surface area contributed by atoms with E-state index in [0.717, 1.165) is 45.3 Å². The summed E-state index contributed by atoms with van der Waals surface area (Å²) in [7, 11) is 0. The van der Waals surface area contributed by atoms with Gasteiger partial charge < -0.3 is 16.0 Å². The minimum Gasteiger partial charge on any atom is -0.383 e. The normalized spacial score (nSPS) is 15.5. The van der Waals surface area contributed by atoms with E-state index in [0.29, 0.717) is 12.1 Å². The first-order chi connectivity index (χ1) is 14.2. The van der Waals surface area contributed by atoms with Crippen LogP contribution in [0.25, 0.3) is 0 Å². The third-order valence-electron chi connectivity index (χ3n) is 5.79. The largest absolute Gasteiger partial charge is 0.383 e. The predicted molar refractivity (Wildman–Crippen MR) is 118 cm³/mol. The fourth-order valence-electron chi connectivity index (χ4n) is 3.91. The van der Waals surface area contributed by atoms with Crippen LogP contribution in [-0.4, -0.2) is 48.1 Å². The van der Waals surface area contributed by atoms with E-state index >= 15 is 0 Å². The lowest BCUT2D eigenvalue weighted by Crippen LogP contribution is -2.35. The van der Waals surface area contributed by atoms with Crippen LogP contribution in [0.2, 0.25) is 0 Å². The Morgan fingerprint density at radius 3 is 2.24 bits per heavy atom. The van der Waals surface area contributed by atoms with Gasteiger partial charge in [0.25, 0.3) is 5.91 Å². The average molecular weight is 407 g/mol. The van der Waals surface area contributed by atoms with Crippen LogP contribution in [0.4, 0.5) is 10.2 Å².